The molecule has 0 aromatic heterocycles. The van der Waals surface area contributed by atoms with Crippen molar-refractivity contribution >= 4 is 27.3 Å². The molecule has 0 spiro atoms. The predicted molar refractivity (Wildman–Crippen MR) is 103 cm³/mol. The molecule has 2 rings (SSSR count). The van der Waals surface area contributed by atoms with Crippen molar-refractivity contribution in [2.45, 2.75) is 32.1 Å². The standard InChI is InChI=1S/C19H24N2O4S/c1-13(2)10-19(22)20-17-9-8-16(12-18(17)25-4)26(23,24)21-15-7-5-6-14(3)11-15/h5-9,11-13,21H,10H2,1-4H3,(H,20,22). The van der Waals surface area contributed by atoms with Crippen molar-refractivity contribution in [2.75, 3.05) is 17.1 Å². The lowest BCUT2D eigenvalue weighted by Gasteiger charge is -2.14. The first-order valence-electron chi connectivity index (χ1n) is 8.28. The Bertz CT molecular complexity index is 892. The number of amides is 1. The maximum Gasteiger partial charge on any atom is 0.262 e. The third-order valence-electron chi connectivity index (χ3n) is 3.62. The average Bonchev–Trinajstić information content (AvgIpc) is 2.53. The monoisotopic (exact) mass is 376 g/mol. The normalized spacial score (nSPS) is 11.3. The fraction of sp³-hybridized carbons (Fsp3) is 0.316. The van der Waals surface area contributed by atoms with Gasteiger partial charge in [-0.3, -0.25) is 9.52 Å². The van der Waals surface area contributed by atoms with Crippen LogP contribution in [-0.4, -0.2) is 21.4 Å². The van der Waals surface area contributed by atoms with Gasteiger partial charge in [-0.25, -0.2) is 8.42 Å². The van der Waals surface area contributed by atoms with Crippen molar-refractivity contribution in [2.24, 2.45) is 5.92 Å². The Balaban J connectivity index is 2.25. The van der Waals surface area contributed by atoms with Gasteiger partial charge in [0.15, 0.2) is 0 Å². The lowest BCUT2D eigenvalue weighted by atomic mass is 10.1. The van der Waals surface area contributed by atoms with E-state index in [-0.39, 0.29) is 22.5 Å². The maximum atomic E-state index is 12.6. The highest BCUT2D eigenvalue weighted by atomic mass is 32.2. The Morgan fingerprint density at radius 2 is 1.88 bits per heavy atom. The van der Waals surface area contributed by atoms with E-state index in [0.29, 0.717) is 17.8 Å². The third kappa shape index (κ3) is 5.23. The molecule has 2 aromatic carbocycles. The maximum absolute atomic E-state index is 12.6. The van der Waals surface area contributed by atoms with Gasteiger partial charge < -0.3 is 10.1 Å². The van der Waals surface area contributed by atoms with Gasteiger partial charge in [0.25, 0.3) is 10.0 Å². The van der Waals surface area contributed by atoms with Gasteiger partial charge in [0.2, 0.25) is 5.91 Å². The summed E-state index contributed by atoms with van der Waals surface area (Å²) in [6.45, 7) is 5.78. The fourth-order valence-electron chi connectivity index (χ4n) is 2.44. The summed E-state index contributed by atoms with van der Waals surface area (Å²) in [4.78, 5) is 12.0. The van der Waals surface area contributed by atoms with Crippen molar-refractivity contribution in [1.82, 2.24) is 0 Å². The molecule has 0 saturated heterocycles. The van der Waals surface area contributed by atoms with E-state index in [9.17, 15) is 13.2 Å². The summed E-state index contributed by atoms with van der Waals surface area (Å²) in [5.41, 5.74) is 1.87. The highest BCUT2D eigenvalue weighted by Crippen LogP contribution is 2.29. The first kappa shape index (κ1) is 19.8. The Labute approximate surface area is 154 Å². The molecule has 7 heteroatoms. The number of benzene rings is 2. The number of carbonyl (C=O) groups excluding carboxylic acids is 1. The molecule has 140 valence electrons. The Kier molecular flexibility index (Phi) is 6.26. The number of sulfonamides is 1. The van der Waals surface area contributed by atoms with Crippen LogP contribution >= 0.6 is 0 Å². The van der Waals surface area contributed by atoms with Crippen molar-refractivity contribution < 1.29 is 17.9 Å². The minimum absolute atomic E-state index is 0.0534. The lowest BCUT2D eigenvalue weighted by molar-refractivity contribution is -0.116. The van der Waals surface area contributed by atoms with E-state index in [1.807, 2.05) is 26.8 Å². The van der Waals surface area contributed by atoms with Crippen LogP contribution in [0.5, 0.6) is 5.75 Å². The van der Waals surface area contributed by atoms with Gasteiger partial charge >= 0.3 is 0 Å². The highest BCUT2D eigenvalue weighted by molar-refractivity contribution is 7.92. The van der Waals surface area contributed by atoms with E-state index in [2.05, 4.69) is 10.0 Å². The van der Waals surface area contributed by atoms with E-state index >= 15 is 0 Å². The summed E-state index contributed by atoms with van der Waals surface area (Å²) in [7, 11) is -2.34. The van der Waals surface area contributed by atoms with Gasteiger partial charge in [0, 0.05) is 18.2 Å². The number of ether oxygens (including phenoxy) is 1. The molecule has 0 aliphatic heterocycles. The molecule has 1 amide bonds. The highest BCUT2D eigenvalue weighted by Gasteiger charge is 2.18. The van der Waals surface area contributed by atoms with Gasteiger partial charge in [-0.05, 0) is 42.7 Å². The number of methoxy groups -OCH3 is 1. The smallest absolute Gasteiger partial charge is 0.262 e. The summed E-state index contributed by atoms with van der Waals surface area (Å²) in [5.74, 6) is 0.361. The van der Waals surface area contributed by atoms with Crippen molar-refractivity contribution in [3.63, 3.8) is 0 Å². The van der Waals surface area contributed by atoms with Gasteiger partial charge in [-0.15, -0.1) is 0 Å². The topological polar surface area (TPSA) is 84.5 Å². The summed E-state index contributed by atoms with van der Waals surface area (Å²) < 4.78 is 33.0. The molecule has 0 fully saturated rings. The third-order valence-corrected chi connectivity index (χ3v) is 5.00. The van der Waals surface area contributed by atoms with E-state index in [1.54, 1.807) is 18.2 Å². The second-order valence-corrected chi connectivity index (χ2v) is 8.17. The molecule has 0 radical (unpaired) electrons. The molecule has 0 heterocycles. The van der Waals surface area contributed by atoms with Crippen molar-refractivity contribution in [3.8, 4) is 5.75 Å². The van der Waals surface area contributed by atoms with Crippen LogP contribution in [0.4, 0.5) is 11.4 Å². The number of rotatable bonds is 7. The molecule has 26 heavy (non-hydrogen) atoms. The molecular weight excluding hydrogens is 352 g/mol. The molecule has 0 aliphatic rings. The predicted octanol–water partition coefficient (Wildman–Crippen LogP) is 3.79. The van der Waals surface area contributed by atoms with Crippen LogP contribution < -0.4 is 14.8 Å². The van der Waals surface area contributed by atoms with Crippen LogP contribution in [0.3, 0.4) is 0 Å². The van der Waals surface area contributed by atoms with E-state index in [1.165, 1.54) is 25.3 Å². The van der Waals surface area contributed by atoms with Crippen LogP contribution in [0.15, 0.2) is 47.4 Å². The summed E-state index contributed by atoms with van der Waals surface area (Å²) >= 11 is 0. The Hall–Kier alpha value is -2.54. The van der Waals surface area contributed by atoms with E-state index in [0.717, 1.165) is 5.56 Å². The summed E-state index contributed by atoms with van der Waals surface area (Å²) in [5, 5.41) is 2.75. The minimum atomic E-state index is -3.77. The zero-order valence-electron chi connectivity index (χ0n) is 15.4. The van der Waals surface area contributed by atoms with Crippen LogP contribution in [-0.2, 0) is 14.8 Å². The molecule has 0 unspecified atom stereocenters. The zero-order chi connectivity index (χ0) is 19.3. The first-order chi connectivity index (χ1) is 12.2. The molecule has 2 aromatic rings. The Morgan fingerprint density at radius 3 is 2.50 bits per heavy atom. The van der Waals surface area contributed by atoms with Crippen LogP contribution in [0.1, 0.15) is 25.8 Å². The van der Waals surface area contributed by atoms with Gasteiger partial charge in [0.1, 0.15) is 5.75 Å². The molecule has 2 N–H and O–H groups in total. The van der Waals surface area contributed by atoms with E-state index < -0.39 is 10.0 Å². The number of carbonyl (C=O) groups is 1. The number of hydrogen-bond acceptors (Lipinski definition) is 4. The summed E-state index contributed by atoms with van der Waals surface area (Å²) in [6, 6.07) is 11.4. The quantitative estimate of drug-likeness (QED) is 0.770. The lowest BCUT2D eigenvalue weighted by Crippen LogP contribution is -2.16. The average molecular weight is 376 g/mol. The van der Waals surface area contributed by atoms with Crippen molar-refractivity contribution in [3.05, 3.63) is 48.0 Å². The van der Waals surface area contributed by atoms with Gasteiger partial charge in [0.05, 0.1) is 17.7 Å². The largest absolute Gasteiger partial charge is 0.495 e. The SMILES string of the molecule is COc1cc(S(=O)(=O)Nc2cccc(C)c2)ccc1NC(=O)CC(C)C. The van der Waals surface area contributed by atoms with Crippen LogP contribution in [0, 0.1) is 12.8 Å². The number of anilines is 2. The summed E-state index contributed by atoms with van der Waals surface area (Å²) in [6.07, 6.45) is 0.373. The zero-order valence-corrected chi connectivity index (χ0v) is 16.2. The van der Waals surface area contributed by atoms with Crippen molar-refractivity contribution in [1.29, 1.82) is 0 Å². The molecule has 0 saturated carbocycles. The van der Waals surface area contributed by atoms with Crippen LogP contribution in [0.25, 0.3) is 0 Å². The molecular formula is C19H24N2O4S. The fourth-order valence-corrected chi connectivity index (χ4v) is 3.50. The molecule has 0 bridgehead atoms. The molecule has 0 atom stereocenters. The molecule has 6 nitrogen and oxygen atoms in total. The molecule has 0 aliphatic carbocycles. The Morgan fingerprint density at radius 1 is 1.15 bits per heavy atom. The van der Waals surface area contributed by atoms with Gasteiger partial charge in [-0.1, -0.05) is 26.0 Å². The van der Waals surface area contributed by atoms with Gasteiger partial charge in [-0.2, -0.15) is 0 Å². The number of nitrogens with one attached hydrogen (secondary N) is 2. The van der Waals surface area contributed by atoms with E-state index in [4.69, 9.17) is 4.74 Å². The minimum Gasteiger partial charge on any atom is -0.495 e. The second-order valence-electron chi connectivity index (χ2n) is 6.48. The second kappa shape index (κ2) is 8.23. The number of hydrogen-bond donors (Lipinski definition) is 2. The van der Waals surface area contributed by atoms with Crippen LogP contribution in [0.2, 0.25) is 0 Å². The number of aryl methyl sites for hydroxylation is 1. The first-order valence-corrected chi connectivity index (χ1v) is 9.77.